The normalized spacial score (nSPS) is 11.9. The van der Waals surface area contributed by atoms with Crippen LogP contribution in [0.5, 0.6) is 5.75 Å². The van der Waals surface area contributed by atoms with Gasteiger partial charge in [-0.25, -0.2) is 0 Å². The van der Waals surface area contributed by atoms with E-state index in [1.807, 2.05) is 18.2 Å². The largest absolute Gasteiger partial charge is 0.497 e. The van der Waals surface area contributed by atoms with E-state index in [0.717, 1.165) is 23.3 Å². The number of aliphatic hydroxyl groups is 1. The predicted octanol–water partition coefficient (Wildman–Crippen LogP) is 3.38. The van der Waals surface area contributed by atoms with Gasteiger partial charge >= 0.3 is 0 Å². The van der Waals surface area contributed by atoms with Crippen molar-refractivity contribution < 1.29 is 14.6 Å². The molecule has 1 unspecified atom stereocenters. The van der Waals surface area contributed by atoms with Crippen molar-refractivity contribution in [3.05, 3.63) is 29.3 Å². The van der Waals surface area contributed by atoms with Gasteiger partial charge in [-0.2, -0.15) is 0 Å². The van der Waals surface area contributed by atoms with Crippen LogP contribution < -0.4 is 4.74 Å². The monoisotopic (exact) mass is 290 g/mol. The summed E-state index contributed by atoms with van der Waals surface area (Å²) in [4.78, 5) is 0. The lowest BCUT2D eigenvalue weighted by Gasteiger charge is -2.16. The number of hydrogen-bond acceptors (Lipinski definition) is 3. The summed E-state index contributed by atoms with van der Waals surface area (Å²) >= 11 is 0. The molecule has 0 aliphatic heterocycles. The molecule has 0 heterocycles. The molecular weight excluding hydrogens is 264 g/mol. The lowest BCUT2D eigenvalue weighted by Crippen LogP contribution is -2.11. The van der Waals surface area contributed by atoms with E-state index < -0.39 is 0 Å². The molecule has 1 rings (SSSR count). The Bertz CT molecular complexity index is 483. The van der Waals surface area contributed by atoms with Crippen molar-refractivity contribution in [1.29, 1.82) is 0 Å². The highest BCUT2D eigenvalue weighted by molar-refractivity contribution is 5.45. The Morgan fingerprint density at radius 3 is 2.62 bits per heavy atom. The summed E-state index contributed by atoms with van der Waals surface area (Å²) in [5, 5.41) is 8.81. The van der Waals surface area contributed by atoms with Gasteiger partial charge in [-0.1, -0.05) is 25.7 Å². The topological polar surface area (TPSA) is 38.7 Å². The first-order valence-corrected chi connectivity index (χ1v) is 7.45. The van der Waals surface area contributed by atoms with Gasteiger partial charge in [-0.3, -0.25) is 0 Å². The third-order valence-corrected chi connectivity index (χ3v) is 3.10. The maximum atomic E-state index is 8.81. The van der Waals surface area contributed by atoms with E-state index in [1.165, 1.54) is 0 Å². The molecule has 0 aliphatic rings. The molecule has 0 amide bonds. The summed E-state index contributed by atoms with van der Waals surface area (Å²) in [6.07, 6.45) is 1.74. The molecule has 1 aromatic rings. The van der Waals surface area contributed by atoms with Crippen LogP contribution in [0.25, 0.3) is 0 Å². The average molecular weight is 290 g/mol. The first kappa shape index (κ1) is 17.6. The van der Waals surface area contributed by atoms with E-state index in [2.05, 4.69) is 32.6 Å². The van der Waals surface area contributed by atoms with Gasteiger partial charge in [0, 0.05) is 12.0 Å². The van der Waals surface area contributed by atoms with E-state index in [1.54, 1.807) is 7.11 Å². The highest BCUT2D eigenvalue weighted by Gasteiger charge is 2.08. The van der Waals surface area contributed by atoms with E-state index in [4.69, 9.17) is 14.6 Å². The number of methoxy groups -OCH3 is 1. The van der Waals surface area contributed by atoms with Crippen molar-refractivity contribution in [1.82, 2.24) is 0 Å². The number of ether oxygens (including phenoxy) is 2. The quantitative estimate of drug-likeness (QED) is 0.782. The molecule has 1 atom stereocenters. The van der Waals surface area contributed by atoms with Gasteiger partial charge in [-0.05, 0) is 43.0 Å². The fourth-order valence-corrected chi connectivity index (χ4v) is 2.12. The van der Waals surface area contributed by atoms with Crippen molar-refractivity contribution in [3.63, 3.8) is 0 Å². The molecule has 0 radical (unpaired) electrons. The molecule has 116 valence electrons. The Morgan fingerprint density at radius 2 is 2.00 bits per heavy atom. The summed E-state index contributed by atoms with van der Waals surface area (Å²) in [5.74, 6) is 7.46. The molecule has 0 aliphatic carbocycles. The summed E-state index contributed by atoms with van der Waals surface area (Å²) < 4.78 is 11.2. The Balaban J connectivity index is 2.79. The van der Waals surface area contributed by atoms with Crippen LogP contribution in [0.2, 0.25) is 0 Å². The second-order valence-electron chi connectivity index (χ2n) is 5.55. The van der Waals surface area contributed by atoms with Crippen molar-refractivity contribution >= 4 is 0 Å². The minimum Gasteiger partial charge on any atom is -0.497 e. The molecule has 0 aromatic heterocycles. The summed E-state index contributed by atoms with van der Waals surface area (Å²) in [5.41, 5.74) is 1.95. The molecule has 0 saturated heterocycles. The maximum absolute atomic E-state index is 8.81. The minimum absolute atomic E-state index is 0.0837. The lowest BCUT2D eigenvalue weighted by atomic mass is 10.1. The van der Waals surface area contributed by atoms with Gasteiger partial charge in [0.05, 0.1) is 26.4 Å². The highest BCUT2D eigenvalue weighted by atomic mass is 16.5. The molecular formula is C18H26O3. The van der Waals surface area contributed by atoms with Crippen molar-refractivity contribution in [3.8, 4) is 17.6 Å². The van der Waals surface area contributed by atoms with Crippen LogP contribution in [0, 0.1) is 17.8 Å². The Kier molecular flexibility index (Phi) is 7.89. The van der Waals surface area contributed by atoms with Gasteiger partial charge in [0.1, 0.15) is 5.75 Å². The summed E-state index contributed by atoms with van der Waals surface area (Å²) in [6, 6.07) is 5.80. The Labute approximate surface area is 128 Å². The van der Waals surface area contributed by atoms with E-state index in [0.29, 0.717) is 18.9 Å². The van der Waals surface area contributed by atoms with E-state index >= 15 is 0 Å². The molecule has 3 nitrogen and oxygen atoms in total. The van der Waals surface area contributed by atoms with Crippen LogP contribution in [0.15, 0.2) is 18.2 Å². The van der Waals surface area contributed by atoms with Crippen molar-refractivity contribution in [2.45, 2.75) is 46.3 Å². The van der Waals surface area contributed by atoms with Crippen LogP contribution in [0.1, 0.15) is 44.7 Å². The third kappa shape index (κ3) is 6.66. The summed E-state index contributed by atoms with van der Waals surface area (Å²) in [6.45, 7) is 7.08. The zero-order chi connectivity index (χ0) is 15.7. The van der Waals surface area contributed by atoms with Crippen LogP contribution in [-0.2, 0) is 11.3 Å². The molecule has 0 saturated carbocycles. The third-order valence-electron chi connectivity index (χ3n) is 3.10. The van der Waals surface area contributed by atoms with Crippen molar-refractivity contribution in [2.24, 2.45) is 5.92 Å². The van der Waals surface area contributed by atoms with Gasteiger partial charge in [0.15, 0.2) is 0 Å². The molecule has 3 heteroatoms. The second kappa shape index (κ2) is 9.44. The molecule has 21 heavy (non-hydrogen) atoms. The van der Waals surface area contributed by atoms with Crippen LogP contribution >= 0.6 is 0 Å². The van der Waals surface area contributed by atoms with Gasteiger partial charge in [-0.15, -0.1) is 0 Å². The molecule has 1 N–H and O–H groups in total. The van der Waals surface area contributed by atoms with Crippen LogP contribution in [-0.4, -0.2) is 24.9 Å². The van der Waals surface area contributed by atoms with Gasteiger partial charge in [0.2, 0.25) is 0 Å². The van der Waals surface area contributed by atoms with Crippen LogP contribution in [0.3, 0.4) is 0 Å². The SMILES string of the molecule is COc1ccc(C#CCCO)c(COC(C)CC(C)C)c1. The van der Waals surface area contributed by atoms with Gasteiger partial charge in [0.25, 0.3) is 0 Å². The molecule has 0 spiro atoms. The Hall–Kier alpha value is -1.50. The Morgan fingerprint density at radius 1 is 1.24 bits per heavy atom. The number of aliphatic hydroxyl groups excluding tert-OH is 1. The maximum Gasteiger partial charge on any atom is 0.119 e. The van der Waals surface area contributed by atoms with Crippen LogP contribution in [0.4, 0.5) is 0 Å². The van der Waals surface area contributed by atoms with E-state index in [9.17, 15) is 0 Å². The minimum atomic E-state index is 0.0837. The number of benzene rings is 1. The molecule has 1 aromatic carbocycles. The fraction of sp³-hybridized carbons (Fsp3) is 0.556. The predicted molar refractivity (Wildman–Crippen MR) is 85.3 cm³/mol. The summed E-state index contributed by atoms with van der Waals surface area (Å²) in [7, 11) is 1.65. The second-order valence-corrected chi connectivity index (χ2v) is 5.55. The smallest absolute Gasteiger partial charge is 0.119 e. The first-order valence-electron chi connectivity index (χ1n) is 7.45. The molecule has 0 fully saturated rings. The number of hydrogen-bond donors (Lipinski definition) is 1. The zero-order valence-electron chi connectivity index (χ0n) is 13.5. The lowest BCUT2D eigenvalue weighted by molar-refractivity contribution is 0.0395. The standard InChI is InChI=1S/C18H26O3/c1-14(2)11-15(3)21-13-17-12-18(20-4)9-8-16(17)7-5-6-10-19/h8-9,12,14-15,19H,6,10-11,13H2,1-4H3. The average Bonchev–Trinajstić information content (AvgIpc) is 2.45. The van der Waals surface area contributed by atoms with E-state index in [-0.39, 0.29) is 12.7 Å². The first-order chi connectivity index (χ1) is 10.1. The van der Waals surface area contributed by atoms with Gasteiger partial charge < -0.3 is 14.6 Å². The highest BCUT2D eigenvalue weighted by Crippen LogP contribution is 2.19. The fourth-order valence-electron chi connectivity index (χ4n) is 2.12. The number of rotatable bonds is 7. The van der Waals surface area contributed by atoms with Crippen molar-refractivity contribution in [2.75, 3.05) is 13.7 Å². The molecule has 0 bridgehead atoms. The zero-order valence-corrected chi connectivity index (χ0v) is 13.5.